The van der Waals surface area contributed by atoms with Crippen LogP contribution < -0.4 is 4.74 Å². The third kappa shape index (κ3) is 6.72. The number of piperidine rings is 2. The number of carbonyl (C=O) groups is 2. The topological polar surface area (TPSA) is 59.1 Å². The molecule has 0 bridgehead atoms. The summed E-state index contributed by atoms with van der Waals surface area (Å²) in [6.07, 6.45) is 10.7. The molecule has 1 amide bonds. The summed E-state index contributed by atoms with van der Waals surface area (Å²) in [7, 11) is 0. The molecule has 0 aromatic heterocycles. The maximum Gasteiger partial charge on any atom is 0.323 e. The van der Waals surface area contributed by atoms with Gasteiger partial charge in [-0.05, 0) is 62.8 Å². The summed E-state index contributed by atoms with van der Waals surface area (Å²) in [5.41, 5.74) is 1.16. The third-order valence-corrected chi connectivity index (χ3v) is 7.49. The van der Waals surface area contributed by atoms with E-state index in [0.717, 1.165) is 76.0 Å². The number of nitrogens with zero attached hydrogens (tertiary/aromatic N) is 2. The zero-order valence-corrected chi connectivity index (χ0v) is 20.2. The van der Waals surface area contributed by atoms with E-state index in [2.05, 4.69) is 17.0 Å². The molecule has 1 saturated carbocycles. The van der Waals surface area contributed by atoms with Gasteiger partial charge in [-0.2, -0.15) is 0 Å². The second-order valence-corrected chi connectivity index (χ2v) is 9.93. The number of hydrogen-bond acceptors (Lipinski definition) is 5. The van der Waals surface area contributed by atoms with E-state index in [4.69, 9.17) is 9.47 Å². The minimum Gasteiger partial charge on any atom is -0.490 e. The molecule has 182 valence electrons. The van der Waals surface area contributed by atoms with Crippen molar-refractivity contribution in [3.63, 3.8) is 0 Å². The van der Waals surface area contributed by atoms with Gasteiger partial charge in [-0.15, -0.1) is 0 Å². The number of likely N-dealkylation sites (tertiary alicyclic amines) is 2. The van der Waals surface area contributed by atoms with Gasteiger partial charge in [0.2, 0.25) is 5.91 Å². The molecule has 2 aliphatic heterocycles. The van der Waals surface area contributed by atoms with Crippen LogP contribution in [0.5, 0.6) is 5.75 Å². The summed E-state index contributed by atoms with van der Waals surface area (Å²) in [6.45, 7) is 5.53. The highest BCUT2D eigenvalue weighted by Crippen LogP contribution is 2.29. The first-order valence-corrected chi connectivity index (χ1v) is 13.1. The van der Waals surface area contributed by atoms with E-state index < -0.39 is 0 Å². The van der Waals surface area contributed by atoms with Crippen LogP contribution in [0.1, 0.15) is 76.7 Å². The first-order chi connectivity index (χ1) is 16.1. The van der Waals surface area contributed by atoms with Crippen molar-refractivity contribution in [2.45, 2.75) is 89.8 Å². The number of carbonyl (C=O) groups excluding carboxylic acids is 2. The molecule has 2 saturated heterocycles. The van der Waals surface area contributed by atoms with Gasteiger partial charge in [-0.1, -0.05) is 31.4 Å². The molecule has 6 nitrogen and oxygen atoms in total. The number of benzene rings is 1. The largest absolute Gasteiger partial charge is 0.490 e. The summed E-state index contributed by atoms with van der Waals surface area (Å²) in [5, 5.41) is 0. The van der Waals surface area contributed by atoms with Gasteiger partial charge in [0.1, 0.15) is 17.9 Å². The summed E-state index contributed by atoms with van der Waals surface area (Å²) in [4.78, 5) is 29.3. The third-order valence-electron chi connectivity index (χ3n) is 7.49. The normalized spacial score (nSPS) is 22.9. The summed E-state index contributed by atoms with van der Waals surface area (Å²) >= 11 is 0. The second kappa shape index (κ2) is 11.9. The monoisotopic (exact) mass is 456 g/mol. The molecule has 3 aliphatic rings. The molecule has 1 aromatic carbocycles. The van der Waals surface area contributed by atoms with E-state index in [-0.39, 0.29) is 18.1 Å². The fourth-order valence-electron chi connectivity index (χ4n) is 5.64. The number of hydrogen-bond donors (Lipinski definition) is 0. The van der Waals surface area contributed by atoms with E-state index in [0.29, 0.717) is 18.4 Å². The number of rotatable bonds is 8. The first-order valence-electron chi connectivity index (χ1n) is 13.1. The first kappa shape index (κ1) is 24.1. The van der Waals surface area contributed by atoms with Crippen LogP contribution in [0.4, 0.5) is 0 Å². The molecule has 1 atom stereocenters. The fourth-order valence-corrected chi connectivity index (χ4v) is 5.64. The number of amides is 1. The summed E-state index contributed by atoms with van der Waals surface area (Å²) in [5.74, 6) is 1.73. The average molecular weight is 457 g/mol. The Hall–Kier alpha value is -2.08. The Balaban J connectivity index is 1.27. The lowest BCUT2D eigenvalue weighted by Crippen LogP contribution is -2.44. The van der Waals surface area contributed by atoms with Crippen LogP contribution in [0.3, 0.4) is 0 Å². The van der Waals surface area contributed by atoms with Crippen LogP contribution in [0, 0.1) is 5.92 Å². The molecule has 33 heavy (non-hydrogen) atoms. The van der Waals surface area contributed by atoms with Crippen LogP contribution in [-0.4, -0.2) is 60.1 Å². The van der Waals surface area contributed by atoms with Gasteiger partial charge in [0.25, 0.3) is 0 Å². The lowest BCUT2D eigenvalue weighted by atomic mass is 10.0. The molecular weight excluding hydrogens is 416 g/mol. The highest BCUT2D eigenvalue weighted by Gasteiger charge is 2.30. The molecule has 2 heterocycles. The van der Waals surface area contributed by atoms with Crippen molar-refractivity contribution >= 4 is 11.9 Å². The van der Waals surface area contributed by atoms with Gasteiger partial charge in [-0.25, -0.2) is 0 Å². The molecule has 6 heteroatoms. The van der Waals surface area contributed by atoms with Crippen molar-refractivity contribution in [1.29, 1.82) is 0 Å². The molecule has 0 spiro atoms. The van der Waals surface area contributed by atoms with Crippen LogP contribution in [0.15, 0.2) is 24.3 Å². The maximum absolute atomic E-state index is 12.6. The SMILES string of the molecule is CCOC(=O)[C@@H]1CCCCN1Cc1cccc(OC2CCN(C(=O)CC3CCCC3)CC2)c1. The van der Waals surface area contributed by atoms with Crippen LogP contribution >= 0.6 is 0 Å². The Morgan fingerprint density at radius 3 is 2.48 bits per heavy atom. The predicted octanol–water partition coefficient (Wildman–Crippen LogP) is 4.55. The Morgan fingerprint density at radius 1 is 0.970 bits per heavy atom. The molecule has 1 aromatic rings. The van der Waals surface area contributed by atoms with Gasteiger partial charge < -0.3 is 14.4 Å². The van der Waals surface area contributed by atoms with E-state index in [1.165, 1.54) is 25.7 Å². The van der Waals surface area contributed by atoms with Gasteiger partial charge in [0.05, 0.1) is 6.61 Å². The Kier molecular flexibility index (Phi) is 8.65. The van der Waals surface area contributed by atoms with Crippen molar-refractivity contribution in [2.24, 2.45) is 5.92 Å². The van der Waals surface area contributed by atoms with Crippen molar-refractivity contribution in [1.82, 2.24) is 9.80 Å². The van der Waals surface area contributed by atoms with Crippen LogP contribution in [0.25, 0.3) is 0 Å². The van der Waals surface area contributed by atoms with Crippen molar-refractivity contribution in [3.8, 4) is 5.75 Å². The van der Waals surface area contributed by atoms with E-state index in [1.54, 1.807) is 0 Å². The van der Waals surface area contributed by atoms with Gasteiger partial charge >= 0.3 is 5.97 Å². The quantitative estimate of drug-likeness (QED) is 0.537. The van der Waals surface area contributed by atoms with Gasteiger partial charge in [0.15, 0.2) is 0 Å². The highest BCUT2D eigenvalue weighted by atomic mass is 16.5. The van der Waals surface area contributed by atoms with E-state index in [1.807, 2.05) is 24.0 Å². The Bertz CT molecular complexity index is 784. The molecule has 0 unspecified atom stereocenters. The number of esters is 1. The van der Waals surface area contributed by atoms with Crippen molar-refractivity contribution in [2.75, 3.05) is 26.2 Å². The minimum absolute atomic E-state index is 0.0983. The average Bonchev–Trinajstić information content (AvgIpc) is 3.33. The predicted molar refractivity (Wildman–Crippen MR) is 128 cm³/mol. The van der Waals surface area contributed by atoms with Crippen molar-refractivity contribution in [3.05, 3.63) is 29.8 Å². The zero-order chi connectivity index (χ0) is 23.0. The zero-order valence-electron chi connectivity index (χ0n) is 20.2. The standard InChI is InChI=1S/C27H40N2O4/c1-2-32-27(31)25-12-5-6-15-29(25)20-22-10-7-11-24(18-22)33-23-13-16-28(17-14-23)26(30)19-21-8-3-4-9-21/h7,10-11,18,21,23,25H,2-6,8-9,12-17,19-20H2,1H3/t25-/m0/s1. The van der Waals surface area contributed by atoms with E-state index >= 15 is 0 Å². The minimum atomic E-state index is -0.144. The Labute approximate surface area is 198 Å². The maximum atomic E-state index is 12.6. The van der Waals surface area contributed by atoms with Crippen molar-refractivity contribution < 1.29 is 19.1 Å². The molecule has 1 aliphatic carbocycles. The molecular formula is C27H40N2O4. The van der Waals surface area contributed by atoms with E-state index in [9.17, 15) is 9.59 Å². The highest BCUT2D eigenvalue weighted by molar-refractivity contribution is 5.76. The lowest BCUT2D eigenvalue weighted by Gasteiger charge is -2.34. The lowest BCUT2D eigenvalue weighted by molar-refractivity contribution is -0.151. The Morgan fingerprint density at radius 2 is 1.73 bits per heavy atom. The van der Waals surface area contributed by atoms with Gasteiger partial charge in [0, 0.05) is 38.9 Å². The molecule has 4 rings (SSSR count). The smallest absolute Gasteiger partial charge is 0.323 e. The van der Waals surface area contributed by atoms with Crippen LogP contribution in [0.2, 0.25) is 0 Å². The molecule has 0 N–H and O–H groups in total. The van der Waals surface area contributed by atoms with Crippen LogP contribution in [-0.2, 0) is 20.9 Å². The second-order valence-electron chi connectivity index (χ2n) is 9.93. The summed E-state index contributed by atoms with van der Waals surface area (Å²) < 4.78 is 11.6. The molecule has 0 radical (unpaired) electrons. The van der Waals surface area contributed by atoms with Gasteiger partial charge in [-0.3, -0.25) is 14.5 Å². The summed E-state index contributed by atoms with van der Waals surface area (Å²) in [6, 6.07) is 8.12. The molecule has 3 fully saturated rings. The number of ether oxygens (including phenoxy) is 2. The fraction of sp³-hybridized carbons (Fsp3) is 0.704.